The third-order valence-electron chi connectivity index (χ3n) is 2.96. The molecule has 1 aromatic rings. The van der Waals surface area contributed by atoms with Gasteiger partial charge in [-0.3, -0.25) is 0 Å². The summed E-state index contributed by atoms with van der Waals surface area (Å²) in [4.78, 5) is 2.11. The number of halogens is 1. The summed E-state index contributed by atoms with van der Waals surface area (Å²) in [6.07, 6.45) is 2.65. The molecule has 0 atom stereocenters. The summed E-state index contributed by atoms with van der Waals surface area (Å²) in [7, 11) is 4.09. The van der Waals surface area contributed by atoms with Crippen LogP contribution in [0, 0.1) is 0 Å². The maximum absolute atomic E-state index is 5.73. The second-order valence-corrected chi connectivity index (χ2v) is 5.93. The van der Waals surface area contributed by atoms with Gasteiger partial charge in [0.1, 0.15) is 12.4 Å². The zero-order chi connectivity index (χ0) is 13.0. The molecule has 1 N–H and O–H groups in total. The third-order valence-corrected chi connectivity index (χ3v) is 3.58. The minimum absolute atomic E-state index is 0.714. The van der Waals surface area contributed by atoms with E-state index in [1.807, 2.05) is 20.2 Å². The van der Waals surface area contributed by atoms with Crippen molar-refractivity contribution < 1.29 is 4.74 Å². The Labute approximate surface area is 118 Å². The van der Waals surface area contributed by atoms with E-state index in [1.54, 1.807) is 0 Å². The van der Waals surface area contributed by atoms with Crippen molar-refractivity contribution in [2.75, 3.05) is 27.2 Å². The average Bonchev–Trinajstić information content (AvgIpc) is 3.12. The van der Waals surface area contributed by atoms with Crippen molar-refractivity contribution in [3.05, 3.63) is 28.2 Å². The Morgan fingerprint density at radius 1 is 1.39 bits per heavy atom. The van der Waals surface area contributed by atoms with Crippen LogP contribution in [0.4, 0.5) is 0 Å². The Morgan fingerprint density at radius 3 is 2.78 bits per heavy atom. The number of benzene rings is 1. The van der Waals surface area contributed by atoms with E-state index >= 15 is 0 Å². The second kappa shape index (κ2) is 6.55. The molecule has 0 heterocycles. The highest BCUT2D eigenvalue weighted by atomic mass is 79.9. The van der Waals surface area contributed by atoms with Crippen LogP contribution in [0.1, 0.15) is 18.4 Å². The van der Waals surface area contributed by atoms with Crippen molar-refractivity contribution in [3.8, 4) is 5.75 Å². The molecule has 1 aliphatic carbocycles. The van der Waals surface area contributed by atoms with E-state index < -0.39 is 0 Å². The van der Waals surface area contributed by atoms with Gasteiger partial charge in [-0.1, -0.05) is 6.07 Å². The second-order valence-electron chi connectivity index (χ2n) is 5.07. The highest BCUT2D eigenvalue weighted by molar-refractivity contribution is 9.10. The Bertz CT molecular complexity index is 391. The minimum atomic E-state index is 0.714. The number of likely N-dealkylation sites (N-methyl/N-ethyl adjacent to an activating group) is 1. The number of nitrogens with one attached hydrogen (secondary N) is 1. The first-order chi connectivity index (χ1) is 8.65. The molecule has 1 saturated carbocycles. The molecule has 0 unspecified atom stereocenters. The summed E-state index contributed by atoms with van der Waals surface area (Å²) in [5.74, 6) is 0.923. The van der Waals surface area contributed by atoms with Crippen LogP contribution in [0.25, 0.3) is 0 Å². The molecule has 1 aromatic carbocycles. The number of nitrogens with zero attached hydrogens (tertiary/aromatic N) is 1. The highest BCUT2D eigenvalue weighted by Crippen LogP contribution is 2.26. The van der Waals surface area contributed by atoms with Crippen LogP contribution < -0.4 is 10.1 Å². The van der Waals surface area contributed by atoms with E-state index in [9.17, 15) is 0 Å². The molecule has 0 saturated heterocycles. The van der Waals surface area contributed by atoms with Crippen molar-refractivity contribution in [1.82, 2.24) is 10.2 Å². The van der Waals surface area contributed by atoms with Crippen LogP contribution in [0.15, 0.2) is 22.7 Å². The fraction of sp³-hybridized carbons (Fsp3) is 0.571. The smallest absolute Gasteiger partial charge is 0.133 e. The van der Waals surface area contributed by atoms with Crippen molar-refractivity contribution in [2.24, 2.45) is 0 Å². The van der Waals surface area contributed by atoms with Gasteiger partial charge >= 0.3 is 0 Å². The summed E-state index contributed by atoms with van der Waals surface area (Å²) >= 11 is 3.57. The van der Waals surface area contributed by atoms with Crippen molar-refractivity contribution >= 4 is 15.9 Å². The van der Waals surface area contributed by atoms with Gasteiger partial charge in [0.15, 0.2) is 0 Å². The van der Waals surface area contributed by atoms with E-state index in [1.165, 1.54) is 18.4 Å². The maximum Gasteiger partial charge on any atom is 0.133 e. The Balaban J connectivity index is 1.83. The number of rotatable bonds is 7. The zero-order valence-electron chi connectivity index (χ0n) is 11.1. The van der Waals surface area contributed by atoms with Gasteiger partial charge in [-0.2, -0.15) is 0 Å². The van der Waals surface area contributed by atoms with Crippen LogP contribution in [-0.4, -0.2) is 38.2 Å². The molecule has 1 aliphatic rings. The molecule has 0 radical (unpaired) electrons. The molecule has 0 amide bonds. The third kappa shape index (κ3) is 4.59. The average molecular weight is 313 g/mol. The molecule has 100 valence electrons. The van der Waals surface area contributed by atoms with Crippen LogP contribution in [0.2, 0.25) is 0 Å². The highest BCUT2D eigenvalue weighted by Gasteiger charge is 2.19. The van der Waals surface area contributed by atoms with Gasteiger partial charge < -0.3 is 15.0 Å². The number of hydrogen-bond donors (Lipinski definition) is 1. The van der Waals surface area contributed by atoms with E-state index in [4.69, 9.17) is 4.74 Å². The van der Waals surface area contributed by atoms with Gasteiger partial charge in [0.2, 0.25) is 0 Å². The molecule has 0 bridgehead atoms. The molecule has 18 heavy (non-hydrogen) atoms. The fourth-order valence-corrected chi connectivity index (χ4v) is 2.20. The van der Waals surface area contributed by atoms with Crippen molar-refractivity contribution in [3.63, 3.8) is 0 Å². The topological polar surface area (TPSA) is 24.5 Å². The van der Waals surface area contributed by atoms with Gasteiger partial charge in [0, 0.05) is 19.1 Å². The van der Waals surface area contributed by atoms with E-state index in [0.29, 0.717) is 6.61 Å². The van der Waals surface area contributed by atoms with Crippen LogP contribution >= 0.6 is 15.9 Å². The molecule has 3 nitrogen and oxygen atoms in total. The zero-order valence-corrected chi connectivity index (χ0v) is 12.7. The maximum atomic E-state index is 5.73. The largest absolute Gasteiger partial charge is 0.491 e. The summed E-state index contributed by atoms with van der Waals surface area (Å²) in [6.45, 7) is 2.59. The fourth-order valence-electron chi connectivity index (χ4n) is 1.66. The number of hydrogen-bond acceptors (Lipinski definition) is 3. The molecule has 4 heteroatoms. The normalized spacial score (nSPS) is 15.1. The SMILES string of the molecule is CN(C)CCOc1ccc(CNC2CC2)cc1Br. The van der Waals surface area contributed by atoms with Crippen LogP contribution in [0.5, 0.6) is 5.75 Å². The lowest BCUT2D eigenvalue weighted by molar-refractivity contribution is 0.260. The molecule has 1 fully saturated rings. The first-order valence-electron chi connectivity index (χ1n) is 6.44. The van der Waals surface area contributed by atoms with E-state index in [2.05, 4.69) is 38.3 Å². The minimum Gasteiger partial charge on any atom is -0.491 e. The summed E-state index contributed by atoms with van der Waals surface area (Å²) in [5, 5.41) is 3.51. The predicted molar refractivity (Wildman–Crippen MR) is 78.1 cm³/mol. The van der Waals surface area contributed by atoms with E-state index in [-0.39, 0.29) is 0 Å². The van der Waals surface area contributed by atoms with Crippen molar-refractivity contribution in [1.29, 1.82) is 0 Å². The lowest BCUT2D eigenvalue weighted by atomic mass is 10.2. The van der Waals surface area contributed by atoms with Crippen LogP contribution in [0.3, 0.4) is 0 Å². The Kier molecular flexibility index (Phi) is 5.03. The molecule has 0 aliphatic heterocycles. The quantitative estimate of drug-likeness (QED) is 0.837. The lowest BCUT2D eigenvalue weighted by Gasteiger charge is -2.13. The molecule has 0 aromatic heterocycles. The molecular weight excluding hydrogens is 292 g/mol. The van der Waals surface area contributed by atoms with E-state index in [0.717, 1.165) is 29.4 Å². The predicted octanol–water partition coefficient (Wildman–Crippen LogP) is 2.64. The summed E-state index contributed by atoms with van der Waals surface area (Å²) in [5.41, 5.74) is 1.30. The first-order valence-corrected chi connectivity index (χ1v) is 7.24. The molecular formula is C14H21BrN2O. The molecule has 2 rings (SSSR count). The van der Waals surface area contributed by atoms with Crippen molar-refractivity contribution in [2.45, 2.75) is 25.4 Å². The summed E-state index contributed by atoms with van der Waals surface area (Å²) in [6, 6.07) is 7.06. The summed E-state index contributed by atoms with van der Waals surface area (Å²) < 4.78 is 6.77. The van der Waals surface area contributed by atoms with Gasteiger partial charge in [-0.25, -0.2) is 0 Å². The Hall–Kier alpha value is -0.580. The van der Waals surface area contributed by atoms with Gasteiger partial charge in [0.25, 0.3) is 0 Å². The molecule has 0 spiro atoms. The van der Waals surface area contributed by atoms with Crippen LogP contribution in [-0.2, 0) is 6.54 Å². The Morgan fingerprint density at radius 2 is 2.17 bits per heavy atom. The van der Waals surface area contributed by atoms with Gasteiger partial charge in [0.05, 0.1) is 4.47 Å². The monoisotopic (exact) mass is 312 g/mol. The lowest BCUT2D eigenvalue weighted by Crippen LogP contribution is -2.19. The standard InChI is InChI=1S/C14H21BrN2O/c1-17(2)7-8-18-14-6-3-11(9-13(14)15)10-16-12-4-5-12/h3,6,9,12,16H,4-5,7-8,10H2,1-2H3. The first kappa shape index (κ1) is 13.8. The number of ether oxygens (including phenoxy) is 1. The van der Waals surface area contributed by atoms with Gasteiger partial charge in [-0.05, 0) is 60.6 Å². The van der Waals surface area contributed by atoms with Gasteiger partial charge in [-0.15, -0.1) is 0 Å².